The quantitative estimate of drug-likeness (QED) is 0.589. The monoisotopic (exact) mass is 489 g/mol. The van der Waals surface area contributed by atoms with Crippen molar-refractivity contribution in [2.45, 2.75) is 16.7 Å². The van der Waals surface area contributed by atoms with Gasteiger partial charge in [-0.1, -0.05) is 6.92 Å². The van der Waals surface area contributed by atoms with Gasteiger partial charge in [0, 0.05) is 5.69 Å². The molecule has 2 aromatic rings. The molecular formula is C17H19N3O8S3. The third-order valence-corrected chi connectivity index (χ3v) is 8.67. The van der Waals surface area contributed by atoms with Gasteiger partial charge in [-0.3, -0.25) is 9.52 Å². The normalized spacial score (nSPS) is 18.7. The Morgan fingerprint density at radius 2 is 1.71 bits per heavy atom. The molecule has 1 saturated heterocycles. The van der Waals surface area contributed by atoms with Gasteiger partial charge in [-0.2, -0.15) is 0 Å². The first-order valence-corrected chi connectivity index (χ1v) is 13.3. The number of rotatable bonds is 6. The molecule has 1 heterocycles. The molecule has 3 rings (SSSR count). The molecule has 0 radical (unpaired) electrons. The molecule has 3 N–H and O–H groups in total. The van der Waals surface area contributed by atoms with Crippen LogP contribution in [0.4, 0.5) is 11.4 Å². The molecule has 1 fully saturated rings. The minimum Gasteiger partial charge on any atom is -0.495 e. The average molecular weight is 490 g/mol. The lowest BCUT2D eigenvalue weighted by atomic mass is 10.2. The number of carbonyl (C=O) groups is 1. The van der Waals surface area contributed by atoms with Crippen molar-refractivity contribution in [2.75, 3.05) is 21.9 Å². The zero-order chi connectivity index (χ0) is 23.2. The van der Waals surface area contributed by atoms with Crippen molar-refractivity contribution < 1.29 is 34.8 Å². The molecule has 1 amide bonds. The Morgan fingerprint density at radius 1 is 1.10 bits per heavy atom. The number of benzene rings is 2. The predicted molar refractivity (Wildman–Crippen MR) is 112 cm³/mol. The molecule has 0 aliphatic carbocycles. The number of nitrogens with one attached hydrogen (secondary N) is 1. The summed E-state index contributed by atoms with van der Waals surface area (Å²) in [5.41, 5.74) is -0.113. The van der Waals surface area contributed by atoms with Crippen LogP contribution in [0, 0.1) is 5.92 Å². The summed E-state index contributed by atoms with van der Waals surface area (Å²) in [6, 6.07) is 8.17. The lowest BCUT2D eigenvalue weighted by molar-refractivity contribution is -0.119. The highest BCUT2D eigenvalue weighted by Crippen LogP contribution is 2.34. The van der Waals surface area contributed by atoms with E-state index in [9.17, 15) is 30.0 Å². The molecule has 168 valence electrons. The molecule has 0 saturated carbocycles. The van der Waals surface area contributed by atoms with E-state index in [4.69, 9.17) is 9.88 Å². The van der Waals surface area contributed by atoms with E-state index in [0.717, 1.165) is 18.2 Å². The summed E-state index contributed by atoms with van der Waals surface area (Å²) >= 11 is 0. The van der Waals surface area contributed by atoms with Crippen LogP contribution < -0.4 is 18.9 Å². The van der Waals surface area contributed by atoms with Gasteiger partial charge in [-0.05, 0) is 42.5 Å². The Hall–Kier alpha value is -2.68. The van der Waals surface area contributed by atoms with E-state index in [-0.39, 0.29) is 27.8 Å². The van der Waals surface area contributed by atoms with Gasteiger partial charge >= 0.3 is 0 Å². The Balaban J connectivity index is 2.03. The van der Waals surface area contributed by atoms with E-state index in [1.807, 2.05) is 0 Å². The summed E-state index contributed by atoms with van der Waals surface area (Å²) in [4.78, 5) is 11.7. The molecule has 0 aromatic heterocycles. The molecule has 1 atom stereocenters. The molecular weight excluding hydrogens is 470 g/mol. The van der Waals surface area contributed by atoms with Crippen LogP contribution in [0.3, 0.4) is 0 Å². The molecule has 0 bridgehead atoms. The number of amides is 1. The fourth-order valence-corrected chi connectivity index (χ4v) is 6.59. The summed E-state index contributed by atoms with van der Waals surface area (Å²) < 4.78 is 81.2. The standard InChI is InChI=1S/C17H19N3O8S3/c1-11-10-29(22,23)20(17(11)21)13-5-8-15(28-2)16(9-13)31(26,27)19-12-3-6-14(7-4-12)30(18,24)25/h3-9,11,19H,10H2,1-2H3,(H2,18,24,25)/t11-/m0/s1. The maximum atomic E-state index is 13.0. The maximum Gasteiger partial charge on any atom is 0.265 e. The van der Waals surface area contributed by atoms with E-state index in [0.29, 0.717) is 4.31 Å². The second kappa shape index (κ2) is 7.78. The molecule has 2 aromatic carbocycles. The van der Waals surface area contributed by atoms with Crippen LogP contribution in [0.5, 0.6) is 5.75 Å². The van der Waals surface area contributed by atoms with Crippen LogP contribution in [0.25, 0.3) is 0 Å². The van der Waals surface area contributed by atoms with Crippen LogP contribution in [-0.2, 0) is 34.9 Å². The molecule has 1 aliphatic heterocycles. The SMILES string of the molecule is COc1ccc(N2C(=O)[C@@H](C)CS2(=O)=O)cc1S(=O)(=O)Nc1ccc(S(N)(=O)=O)cc1. The Kier molecular flexibility index (Phi) is 5.77. The smallest absolute Gasteiger partial charge is 0.265 e. The number of primary sulfonamides is 1. The summed E-state index contributed by atoms with van der Waals surface area (Å²) in [6.45, 7) is 1.47. The highest BCUT2D eigenvalue weighted by molar-refractivity contribution is 7.94. The van der Waals surface area contributed by atoms with Gasteiger partial charge in [0.05, 0.1) is 29.4 Å². The van der Waals surface area contributed by atoms with E-state index < -0.39 is 46.8 Å². The fourth-order valence-electron chi connectivity index (χ4n) is 3.01. The maximum absolute atomic E-state index is 13.0. The van der Waals surface area contributed by atoms with E-state index in [1.165, 1.54) is 38.3 Å². The number of anilines is 2. The van der Waals surface area contributed by atoms with Crippen molar-refractivity contribution in [3.63, 3.8) is 0 Å². The number of methoxy groups -OCH3 is 1. The number of hydrogen-bond acceptors (Lipinski definition) is 8. The first-order valence-electron chi connectivity index (χ1n) is 8.67. The van der Waals surface area contributed by atoms with Crippen molar-refractivity contribution >= 4 is 47.4 Å². The fraction of sp³-hybridized carbons (Fsp3) is 0.235. The lowest BCUT2D eigenvalue weighted by Crippen LogP contribution is -2.30. The van der Waals surface area contributed by atoms with Crippen molar-refractivity contribution in [3.8, 4) is 5.75 Å². The van der Waals surface area contributed by atoms with Crippen molar-refractivity contribution in [1.82, 2.24) is 0 Å². The third-order valence-electron chi connectivity index (χ3n) is 4.47. The highest BCUT2D eigenvalue weighted by atomic mass is 32.2. The van der Waals surface area contributed by atoms with Crippen LogP contribution >= 0.6 is 0 Å². The summed E-state index contributed by atoms with van der Waals surface area (Å²) in [5, 5.41) is 5.02. The van der Waals surface area contributed by atoms with Crippen LogP contribution in [0.15, 0.2) is 52.3 Å². The van der Waals surface area contributed by atoms with Gasteiger partial charge in [-0.15, -0.1) is 0 Å². The number of carbonyl (C=O) groups excluding carboxylic acids is 1. The van der Waals surface area contributed by atoms with E-state index in [1.54, 1.807) is 0 Å². The Morgan fingerprint density at radius 3 is 2.19 bits per heavy atom. The van der Waals surface area contributed by atoms with Gasteiger partial charge in [0.15, 0.2) is 0 Å². The summed E-state index contributed by atoms with van der Waals surface area (Å²) in [5.74, 6) is -1.90. The second-order valence-corrected chi connectivity index (χ2v) is 11.9. The van der Waals surface area contributed by atoms with Crippen molar-refractivity contribution in [1.29, 1.82) is 0 Å². The van der Waals surface area contributed by atoms with Crippen molar-refractivity contribution in [3.05, 3.63) is 42.5 Å². The summed E-state index contributed by atoms with van der Waals surface area (Å²) in [7, 11) is -11.0. The topological polar surface area (TPSA) is 170 Å². The molecule has 1 aliphatic rings. The Bertz CT molecular complexity index is 1350. The van der Waals surface area contributed by atoms with Crippen LogP contribution in [0.1, 0.15) is 6.92 Å². The minimum absolute atomic E-state index is 0.0262. The van der Waals surface area contributed by atoms with Crippen molar-refractivity contribution in [2.24, 2.45) is 11.1 Å². The molecule has 14 heteroatoms. The number of hydrogen-bond donors (Lipinski definition) is 2. The number of ether oxygens (including phenoxy) is 1. The third kappa shape index (κ3) is 4.51. The van der Waals surface area contributed by atoms with Gasteiger partial charge in [0.1, 0.15) is 10.6 Å². The summed E-state index contributed by atoms with van der Waals surface area (Å²) in [6.07, 6.45) is 0. The first-order chi connectivity index (χ1) is 14.3. The Labute approximate surface area is 180 Å². The lowest BCUT2D eigenvalue weighted by Gasteiger charge is -2.18. The zero-order valence-corrected chi connectivity index (χ0v) is 18.8. The zero-order valence-electron chi connectivity index (χ0n) is 16.3. The number of nitrogens with two attached hydrogens (primary N) is 1. The average Bonchev–Trinajstić information content (AvgIpc) is 2.87. The number of sulfonamides is 3. The minimum atomic E-state index is -4.31. The largest absolute Gasteiger partial charge is 0.495 e. The molecule has 31 heavy (non-hydrogen) atoms. The van der Waals surface area contributed by atoms with Gasteiger partial charge < -0.3 is 4.74 Å². The van der Waals surface area contributed by atoms with E-state index in [2.05, 4.69) is 4.72 Å². The van der Waals surface area contributed by atoms with Gasteiger partial charge in [-0.25, -0.2) is 34.7 Å². The van der Waals surface area contributed by atoms with Crippen LogP contribution in [0.2, 0.25) is 0 Å². The number of nitrogens with zero attached hydrogens (tertiary/aromatic N) is 1. The molecule has 0 unspecified atom stereocenters. The first kappa shape index (κ1) is 23.0. The second-order valence-electron chi connectivity index (χ2n) is 6.79. The highest BCUT2D eigenvalue weighted by Gasteiger charge is 2.42. The van der Waals surface area contributed by atoms with E-state index >= 15 is 0 Å². The van der Waals surface area contributed by atoms with Gasteiger partial charge in [0.25, 0.3) is 10.0 Å². The molecule has 11 nitrogen and oxygen atoms in total. The predicted octanol–water partition coefficient (Wildman–Crippen LogP) is 0.456. The van der Waals surface area contributed by atoms with Gasteiger partial charge in [0.2, 0.25) is 26.0 Å². The van der Waals surface area contributed by atoms with Crippen LogP contribution in [-0.4, -0.2) is 44.0 Å². The molecule has 0 spiro atoms.